The van der Waals surface area contributed by atoms with Crippen LogP contribution < -0.4 is 15.4 Å². The van der Waals surface area contributed by atoms with Gasteiger partial charge < -0.3 is 15.4 Å². The zero-order valence-corrected chi connectivity index (χ0v) is 12.7. The van der Waals surface area contributed by atoms with Crippen LogP contribution in [0.2, 0.25) is 0 Å². The van der Waals surface area contributed by atoms with Gasteiger partial charge >= 0.3 is 0 Å². The quantitative estimate of drug-likeness (QED) is 0.682. The normalized spacial score (nSPS) is 10.6. The van der Waals surface area contributed by atoms with Crippen LogP contribution in [0.15, 0.2) is 24.3 Å². The van der Waals surface area contributed by atoms with Gasteiger partial charge in [-0.15, -0.1) is 0 Å². The molecule has 0 saturated heterocycles. The van der Waals surface area contributed by atoms with Crippen LogP contribution in [0.5, 0.6) is 5.75 Å². The summed E-state index contributed by atoms with van der Waals surface area (Å²) < 4.78 is 5.56. The smallest absolute Gasteiger partial charge is 0.223 e. The number of hydrogen-bond acceptors (Lipinski definition) is 3. The lowest BCUT2D eigenvalue weighted by atomic mass is 10.2. The van der Waals surface area contributed by atoms with E-state index >= 15 is 0 Å². The van der Waals surface area contributed by atoms with Gasteiger partial charge in [0.15, 0.2) is 0 Å². The summed E-state index contributed by atoms with van der Waals surface area (Å²) >= 11 is 0. The van der Waals surface area contributed by atoms with E-state index < -0.39 is 0 Å². The fourth-order valence-electron chi connectivity index (χ4n) is 1.77. The molecule has 0 bridgehead atoms. The van der Waals surface area contributed by atoms with Crippen molar-refractivity contribution >= 4 is 5.91 Å². The first-order valence-electron chi connectivity index (χ1n) is 7.33. The standard InChI is InChI=1S/C16H26N2O2/c1-4-10-17-12-14-5-7-15(8-6-14)20-11-9-16(19)18-13(2)3/h5-8,13,17H,4,9-12H2,1-3H3,(H,18,19). The average molecular weight is 278 g/mol. The molecule has 0 aliphatic heterocycles. The summed E-state index contributed by atoms with van der Waals surface area (Å²) in [6, 6.07) is 8.17. The Morgan fingerprint density at radius 3 is 2.55 bits per heavy atom. The minimum absolute atomic E-state index is 0.0281. The minimum atomic E-state index is 0.0281. The summed E-state index contributed by atoms with van der Waals surface area (Å²) in [6.07, 6.45) is 1.53. The number of benzene rings is 1. The topological polar surface area (TPSA) is 50.4 Å². The number of ether oxygens (including phenoxy) is 1. The molecule has 1 rings (SSSR count). The van der Waals surface area contributed by atoms with Gasteiger partial charge in [0.25, 0.3) is 0 Å². The lowest BCUT2D eigenvalue weighted by Crippen LogP contribution is -2.31. The predicted octanol–water partition coefficient (Wildman–Crippen LogP) is 2.48. The van der Waals surface area contributed by atoms with Crippen molar-refractivity contribution in [3.8, 4) is 5.75 Å². The van der Waals surface area contributed by atoms with Crippen LogP contribution in [0.4, 0.5) is 0 Å². The Bertz CT molecular complexity index is 388. The van der Waals surface area contributed by atoms with Crippen LogP contribution in [0.25, 0.3) is 0 Å². The van der Waals surface area contributed by atoms with Crippen molar-refractivity contribution in [1.82, 2.24) is 10.6 Å². The molecule has 112 valence electrons. The maximum atomic E-state index is 11.4. The lowest BCUT2D eigenvalue weighted by Gasteiger charge is -2.10. The zero-order valence-electron chi connectivity index (χ0n) is 12.7. The first-order valence-corrected chi connectivity index (χ1v) is 7.33. The molecule has 2 N–H and O–H groups in total. The Balaban J connectivity index is 2.26. The maximum Gasteiger partial charge on any atom is 0.223 e. The molecule has 0 radical (unpaired) electrons. The largest absolute Gasteiger partial charge is 0.493 e. The Morgan fingerprint density at radius 1 is 1.25 bits per heavy atom. The summed E-state index contributed by atoms with van der Waals surface area (Å²) in [7, 11) is 0. The van der Waals surface area contributed by atoms with E-state index in [0.717, 1.165) is 25.3 Å². The summed E-state index contributed by atoms with van der Waals surface area (Å²) in [5.74, 6) is 0.835. The minimum Gasteiger partial charge on any atom is -0.493 e. The first-order chi connectivity index (χ1) is 9.61. The van der Waals surface area contributed by atoms with E-state index in [9.17, 15) is 4.79 Å². The number of carbonyl (C=O) groups is 1. The van der Waals surface area contributed by atoms with Crippen LogP contribution in [0.3, 0.4) is 0 Å². The van der Waals surface area contributed by atoms with Crippen molar-refractivity contribution < 1.29 is 9.53 Å². The molecule has 0 spiro atoms. The fraction of sp³-hybridized carbons (Fsp3) is 0.562. The molecule has 0 aliphatic carbocycles. The van der Waals surface area contributed by atoms with Gasteiger partial charge in [-0.3, -0.25) is 4.79 Å². The number of rotatable bonds is 9. The Hall–Kier alpha value is -1.55. The van der Waals surface area contributed by atoms with Gasteiger partial charge in [-0.2, -0.15) is 0 Å². The van der Waals surface area contributed by atoms with Crippen molar-refractivity contribution in [3.05, 3.63) is 29.8 Å². The Kier molecular flexibility index (Phi) is 7.73. The molecule has 4 heteroatoms. The van der Waals surface area contributed by atoms with Gasteiger partial charge in [0, 0.05) is 12.6 Å². The molecule has 20 heavy (non-hydrogen) atoms. The van der Waals surface area contributed by atoms with Gasteiger partial charge in [-0.05, 0) is 44.5 Å². The van der Waals surface area contributed by atoms with E-state index in [2.05, 4.69) is 17.6 Å². The molecule has 0 saturated carbocycles. The summed E-state index contributed by atoms with van der Waals surface area (Å²) in [5.41, 5.74) is 1.24. The number of carbonyl (C=O) groups excluding carboxylic acids is 1. The van der Waals surface area contributed by atoms with Gasteiger partial charge in [-0.25, -0.2) is 0 Å². The summed E-state index contributed by atoms with van der Waals surface area (Å²) in [5, 5.41) is 6.19. The maximum absolute atomic E-state index is 11.4. The Labute approximate surface area is 121 Å². The third-order valence-electron chi connectivity index (χ3n) is 2.73. The van der Waals surface area contributed by atoms with Crippen molar-refractivity contribution in [1.29, 1.82) is 0 Å². The van der Waals surface area contributed by atoms with E-state index in [1.54, 1.807) is 0 Å². The number of nitrogens with one attached hydrogen (secondary N) is 2. The van der Waals surface area contributed by atoms with Crippen molar-refractivity contribution in [2.45, 2.75) is 46.2 Å². The van der Waals surface area contributed by atoms with Crippen LogP contribution >= 0.6 is 0 Å². The highest BCUT2D eigenvalue weighted by Gasteiger charge is 2.03. The molecule has 1 aromatic rings. The molecule has 0 heterocycles. The molecule has 0 unspecified atom stereocenters. The van der Waals surface area contributed by atoms with Crippen molar-refractivity contribution in [2.75, 3.05) is 13.2 Å². The van der Waals surface area contributed by atoms with Gasteiger partial charge in [-0.1, -0.05) is 19.1 Å². The predicted molar refractivity (Wildman–Crippen MR) is 81.8 cm³/mol. The molecule has 0 fully saturated rings. The van der Waals surface area contributed by atoms with E-state index in [0.29, 0.717) is 13.0 Å². The van der Waals surface area contributed by atoms with Gasteiger partial charge in [0.1, 0.15) is 5.75 Å². The van der Waals surface area contributed by atoms with Crippen LogP contribution in [-0.2, 0) is 11.3 Å². The molecular weight excluding hydrogens is 252 g/mol. The summed E-state index contributed by atoms with van der Waals surface area (Å²) in [4.78, 5) is 11.4. The van der Waals surface area contributed by atoms with Crippen LogP contribution in [-0.4, -0.2) is 25.1 Å². The second-order valence-corrected chi connectivity index (χ2v) is 5.14. The fourth-order valence-corrected chi connectivity index (χ4v) is 1.77. The molecule has 0 aliphatic rings. The van der Waals surface area contributed by atoms with E-state index in [1.165, 1.54) is 5.56 Å². The van der Waals surface area contributed by atoms with Crippen LogP contribution in [0, 0.1) is 0 Å². The highest BCUT2D eigenvalue weighted by atomic mass is 16.5. The first kappa shape index (κ1) is 16.5. The zero-order chi connectivity index (χ0) is 14.8. The molecule has 1 amide bonds. The monoisotopic (exact) mass is 278 g/mol. The second kappa shape index (κ2) is 9.37. The molecule has 1 aromatic carbocycles. The second-order valence-electron chi connectivity index (χ2n) is 5.14. The van der Waals surface area contributed by atoms with E-state index in [1.807, 2.05) is 38.1 Å². The van der Waals surface area contributed by atoms with Gasteiger partial charge in [0.2, 0.25) is 5.91 Å². The average Bonchev–Trinajstić information content (AvgIpc) is 2.40. The van der Waals surface area contributed by atoms with Crippen molar-refractivity contribution in [3.63, 3.8) is 0 Å². The SMILES string of the molecule is CCCNCc1ccc(OCCC(=O)NC(C)C)cc1. The van der Waals surface area contributed by atoms with E-state index in [-0.39, 0.29) is 11.9 Å². The molecule has 0 aromatic heterocycles. The Morgan fingerprint density at radius 2 is 1.95 bits per heavy atom. The summed E-state index contributed by atoms with van der Waals surface area (Å²) in [6.45, 7) is 8.37. The molecule has 4 nitrogen and oxygen atoms in total. The van der Waals surface area contributed by atoms with Crippen LogP contribution in [0.1, 0.15) is 39.2 Å². The van der Waals surface area contributed by atoms with Crippen molar-refractivity contribution in [2.24, 2.45) is 0 Å². The number of hydrogen-bond donors (Lipinski definition) is 2. The third-order valence-corrected chi connectivity index (χ3v) is 2.73. The molecular formula is C16H26N2O2. The molecule has 0 atom stereocenters. The van der Waals surface area contributed by atoms with E-state index in [4.69, 9.17) is 4.74 Å². The number of amides is 1. The third kappa shape index (κ3) is 7.14. The highest BCUT2D eigenvalue weighted by Crippen LogP contribution is 2.12. The highest BCUT2D eigenvalue weighted by molar-refractivity contribution is 5.76. The lowest BCUT2D eigenvalue weighted by molar-refractivity contribution is -0.122. The van der Waals surface area contributed by atoms with Gasteiger partial charge in [0.05, 0.1) is 13.0 Å².